The number of carbonyl (C=O) groups is 1. The summed E-state index contributed by atoms with van der Waals surface area (Å²) < 4.78 is 0. The van der Waals surface area contributed by atoms with Crippen molar-refractivity contribution in [1.29, 1.82) is 0 Å². The fourth-order valence-corrected chi connectivity index (χ4v) is 4.13. The average Bonchev–Trinajstić information content (AvgIpc) is 2.71. The third-order valence-corrected chi connectivity index (χ3v) is 6.16. The fraction of sp³-hybridized carbons (Fsp3) is 0.750. The monoisotopic (exact) mass is 320 g/mol. The lowest BCUT2D eigenvalue weighted by atomic mass is 9.68. The molecule has 3 nitrogen and oxygen atoms in total. The molecule has 0 spiro atoms. The Bertz CT molecular complexity index is 517. The maximum absolute atomic E-state index is 12.7. The maximum atomic E-state index is 12.7. The van der Waals surface area contributed by atoms with Crippen molar-refractivity contribution >= 4 is 5.78 Å². The van der Waals surface area contributed by atoms with Gasteiger partial charge in [0.25, 0.3) is 0 Å². The number of hydrogen-bond acceptors (Lipinski definition) is 3. The molecule has 0 amide bonds. The molecule has 3 heteroatoms. The van der Waals surface area contributed by atoms with Crippen molar-refractivity contribution in [1.82, 2.24) is 0 Å². The number of ketones is 1. The van der Waals surface area contributed by atoms with Crippen LogP contribution in [0.2, 0.25) is 0 Å². The van der Waals surface area contributed by atoms with E-state index in [2.05, 4.69) is 13.0 Å². The van der Waals surface area contributed by atoms with Crippen LogP contribution in [-0.2, 0) is 4.79 Å². The van der Waals surface area contributed by atoms with E-state index in [1.54, 1.807) is 6.92 Å². The van der Waals surface area contributed by atoms with Crippen molar-refractivity contribution in [2.45, 2.75) is 71.5 Å². The number of aliphatic hydroxyl groups is 2. The average molecular weight is 320 g/mol. The van der Waals surface area contributed by atoms with E-state index in [0.717, 1.165) is 6.42 Å². The lowest BCUT2D eigenvalue weighted by Crippen LogP contribution is -2.44. The molecule has 0 aliphatic heterocycles. The summed E-state index contributed by atoms with van der Waals surface area (Å²) in [5.41, 5.74) is -2.00. The van der Waals surface area contributed by atoms with Gasteiger partial charge in [-0.2, -0.15) is 0 Å². The van der Waals surface area contributed by atoms with Gasteiger partial charge in [0.05, 0.1) is 11.2 Å². The molecule has 2 rings (SSSR count). The van der Waals surface area contributed by atoms with Crippen LogP contribution in [0.4, 0.5) is 0 Å². The summed E-state index contributed by atoms with van der Waals surface area (Å²) >= 11 is 0. The van der Waals surface area contributed by atoms with Gasteiger partial charge in [-0.15, -0.1) is 0 Å². The Hall–Kier alpha value is -0.930. The van der Waals surface area contributed by atoms with E-state index < -0.39 is 11.2 Å². The van der Waals surface area contributed by atoms with Crippen LogP contribution in [0.15, 0.2) is 24.3 Å². The molecule has 1 saturated carbocycles. The summed E-state index contributed by atoms with van der Waals surface area (Å²) in [5.74, 6) is -0.00549. The molecule has 2 aliphatic rings. The van der Waals surface area contributed by atoms with Crippen LogP contribution < -0.4 is 0 Å². The first kappa shape index (κ1) is 18.4. The molecular formula is C20H32O3. The van der Waals surface area contributed by atoms with Crippen molar-refractivity contribution in [3.05, 3.63) is 24.3 Å². The van der Waals surface area contributed by atoms with E-state index in [-0.39, 0.29) is 29.0 Å². The second-order valence-electron chi connectivity index (χ2n) is 8.49. The Morgan fingerprint density at radius 1 is 1.17 bits per heavy atom. The minimum Gasteiger partial charge on any atom is -0.389 e. The van der Waals surface area contributed by atoms with Gasteiger partial charge in [-0.05, 0) is 37.5 Å². The van der Waals surface area contributed by atoms with Gasteiger partial charge in [0, 0.05) is 18.3 Å². The predicted molar refractivity (Wildman–Crippen MR) is 92.9 cm³/mol. The molecule has 0 aromatic carbocycles. The van der Waals surface area contributed by atoms with Crippen LogP contribution >= 0.6 is 0 Å². The normalized spacial score (nSPS) is 47.9. The van der Waals surface area contributed by atoms with Crippen LogP contribution in [0.3, 0.4) is 0 Å². The molecule has 2 N–H and O–H groups in total. The van der Waals surface area contributed by atoms with Gasteiger partial charge in [-0.1, -0.05) is 52.0 Å². The molecule has 0 saturated heterocycles. The van der Waals surface area contributed by atoms with Crippen molar-refractivity contribution < 1.29 is 15.0 Å². The molecule has 2 aliphatic carbocycles. The van der Waals surface area contributed by atoms with Gasteiger partial charge in [0.2, 0.25) is 0 Å². The highest BCUT2D eigenvalue weighted by atomic mass is 16.3. The van der Waals surface area contributed by atoms with E-state index in [4.69, 9.17) is 0 Å². The van der Waals surface area contributed by atoms with Gasteiger partial charge in [-0.25, -0.2) is 0 Å². The van der Waals surface area contributed by atoms with E-state index >= 15 is 0 Å². The van der Waals surface area contributed by atoms with E-state index in [1.807, 2.05) is 39.0 Å². The molecular weight excluding hydrogens is 288 g/mol. The molecule has 1 fully saturated rings. The summed E-state index contributed by atoms with van der Waals surface area (Å²) in [6.45, 7) is 9.88. The summed E-state index contributed by atoms with van der Waals surface area (Å²) in [7, 11) is 0. The quantitative estimate of drug-likeness (QED) is 0.725. The molecule has 0 radical (unpaired) electrons. The van der Waals surface area contributed by atoms with Gasteiger partial charge in [0.1, 0.15) is 5.78 Å². The second-order valence-corrected chi connectivity index (χ2v) is 8.49. The van der Waals surface area contributed by atoms with Gasteiger partial charge >= 0.3 is 0 Å². The fourth-order valence-electron chi connectivity index (χ4n) is 4.13. The smallest absolute Gasteiger partial charge is 0.139 e. The zero-order valence-electron chi connectivity index (χ0n) is 15.2. The minimum absolute atomic E-state index is 0.104. The summed E-state index contributed by atoms with van der Waals surface area (Å²) in [6.07, 6.45) is 10.1. The topological polar surface area (TPSA) is 57.5 Å². The first-order valence-electron chi connectivity index (χ1n) is 8.85. The number of rotatable bonds is 1. The third-order valence-electron chi connectivity index (χ3n) is 6.16. The van der Waals surface area contributed by atoms with Gasteiger partial charge < -0.3 is 10.2 Å². The molecule has 0 aromatic rings. The molecule has 130 valence electrons. The first-order chi connectivity index (χ1) is 10.5. The van der Waals surface area contributed by atoms with Crippen LogP contribution in [-0.4, -0.2) is 27.2 Å². The molecule has 0 heterocycles. The van der Waals surface area contributed by atoms with Crippen molar-refractivity contribution in [2.75, 3.05) is 0 Å². The first-order valence-corrected chi connectivity index (χ1v) is 8.85. The Morgan fingerprint density at radius 2 is 1.83 bits per heavy atom. The largest absolute Gasteiger partial charge is 0.389 e. The Morgan fingerprint density at radius 3 is 2.43 bits per heavy atom. The van der Waals surface area contributed by atoms with Crippen molar-refractivity contribution in [3.63, 3.8) is 0 Å². The number of allylic oxidation sites excluding steroid dienone is 2. The van der Waals surface area contributed by atoms with E-state index in [9.17, 15) is 15.0 Å². The van der Waals surface area contributed by atoms with Crippen LogP contribution in [0.25, 0.3) is 0 Å². The van der Waals surface area contributed by atoms with Crippen molar-refractivity contribution in [3.8, 4) is 0 Å². The molecule has 5 atom stereocenters. The standard InChI is InChI=1S/C20H32O3/c1-14(2)20(23)12-10-18(4)9-11-19(5,22)8-6-7-15(3)16(21)13-17(18)20/h6-7,9,11,14-15,17,22-23H,8,10,12-13H2,1-5H3/b7-6-,11-9+/t15-,17-,18+,19+,20-/m0/s1. The number of hydrogen-bond donors (Lipinski definition) is 2. The second kappa shape index (κ2) is 6.18. The highest BCUT2D eigenvalue weighted by molar-refractivity contribution is 5.82. The Kier molecular flexibility index (Phi) is 4.94. The lowest BCUT2D eigenvalue weighted by molar-refractivity contribution is -0.127. The number of Topliss-reactive ketones (excluding diaryl/α,β-unsaturated/α-hetero) is 1. The predicted octanol–water partition coefficient (Wildman–Crippen LogP) is 3.65. The Labute approximate surface area is 140 Å². The van der Waals surface area contributed by atoms with E-state index in [0.29, 0.717) is 19.3 Å². The van der Waals surface area contributed by atoms with Gasteiger partial charge in [-0.3, -0.25) is 4.79 Å². The summed E-state index contributed by atoms with van der Waals surface area (Å²) in [5, 5.41) is 21.8. The third kappa shape index (κ3) is 3.61. The Balaban J connectivity index is 2.47. The molecule has 23 heavy (non-hydrogen) atoms. The zero-order chi connectivity index (χ0) is 17.5. The number of carbonyl (C=O) groups excluding carboxylic acids is 1. The molecule has 0 aromatic heterocycles. The van der Waals surface area contributed by atoms with Crippen LogP contribution in [0.5, 0.6) is 0 Å². The van der Waals surface area contributed by atoms with Crippen LogP contribution in [0, 0.1) is 23.2 Å². The minimum atomic E-state index is -0.921. The maximum Gasteiger partial charge on any atom is 0.139 e. The van der Waals surface area contributed by atoms with Crippen molar-refractivity contribution in [2.24, 2.45) is 23.2 Å². The summed E-state index contributed by atoms with van der Waals surface area (Å²) in [4.78, 5) is 12.7. The SMILES string of the molecule is CC(C)[C@@]1(O)CC[C@@]2(C)/C=C/[C@](C)(O)C/C=C\[C@H](C)C(=O)C[C@@H]21. The van der Waals surface area contributed by atoms with Gasteiger partial charge in [0.15, 0.2) is 0 Å². The lowest BCUT2D eigenvalue weighted by Gasteiger charge is -2.40. The summed E-state index contributed by atoms with van der Waals surface area (Å²) in [6, 6.07) is 0. The molecule has 0 unspecified atom stereocenters. The molecule has 0 bridgehead atoms. The zero-order valence-corrected chi connectivity index (χ0v) is 15.2. The van der Waals surface area contributed by atoms with E-state index in [1.165, 1.54) is 0 Å². The highest BCUT2D eigenvalue weighted by Gasteiger charge is 2.54. The van der Waals surface area contributed by atoms with Crippen LogP contribution in [0.1, 0.15) is 60.3 Å². The highest BCUT2D eigenvalue weighted by Crippen LogP contribution is 2.55. The number of fused-ring (bicyclic) bond motifs is 1.